The summed E-state index contributed by atoms with van der Waals surface area (Å²) in [6.07, 6.45) is 4.74. The van der Waals surface area contributed by atoms with Gasteiger partial charge in [-0.2, -0.15) is 5.10 Å². The van der Waals surface area contributed by atoms with Gasteiger partial charge in [-0.1, -0.05) is 70.0 Å². The minimum atomic E-state index is -0.536. The number of nitrogens with zero attached hydrogens (tertiary/aromatic N) is 2. The van der Waals surface area contributed by atoms with Gasteiger partial charge in [-0.3, -0.25) is 19.1 Å². The molecule has 1 aliphatic carbocycles. The molecule has 0 spiro atoms. The van der Waals surface area contributed by atoms with Gasteiger partial charge in [-0.05, 0) is 54.9 Å². The molecule has 1 heterocycles. The van der Waals surface area contributed by atoms with Crippen LogP contribution in [0.2, 0.25) is 0 Å². The zero-order valence-corrected chi connectivity index (χ0v) is 27.0. The highest BCUT2D eigenvalue weighted by atomic mass is 16.5. The average molecular weight is 619 g/mol. The highest BCUT2D eigenvalue weighted by molar-refractivity contribution is 5.94. The molecule has 3 atom stereocenters. The van der Waals surface area contributed by atoms with Gasteiger partial charge in [-0.15, -0.1) is 0 Å². The van der Waals surface area contributed by atoms with Crippen molar-refractivity contribution in [3.05, 3.63) is 65.9 Å². The highest BCUT2D eigenvalue weighted by Gasteiger charge is 2.29. The molecule has 2 N–H and O–H groups in total. The summed E-state index contributed by atoms with van der Waals surface area (Å²) in [7, 11) is 2.89. The van der Waals surface area contributed by atoms with E-state index < -0.39 is 12.0 Å². The number of hydrogen-bond donors (Lipinski definition) is 2. The minimum Gasteiger partial charge on any atom is -0.496 e. The van der Waals surface area contributed by atoms with Crippen molar-refractivity contribution in [3.63, 3.8) is 0 Å². The lowest BCUT2D eigenvalue weighted by Gasteiger charge is -2.29. The average Bonchev–Trinajstić information content (AvgIpc) is 3.48. The number of hydrogen-bond acceptors (Lipinski definition) is 7. The molecule has 1 aliphatic rings. The van der Waals surface area contributed by atoms with Crippen LogP contribution < -0.4 is 20.1 Å². The summed E-state index contributed by atoms with van der Waals surface area (Å²) in [6.45, 7) is 6.46. The van der Waals surface area contributed by atoms with Crippen molar-refractivity contribution in [1.82, 2.24) is 20.4 Å². The Morgan fingerprint density at radius 1 is 1.02 bits per heavy atom. The zero-order valence-electron chi connectivity index (χ0n) is 27.0. The summed E-state index contributed by atoms with van der Waals surface area (Å²) >= 11 is 0. The number of methoxy groups -OCH3 is 2. The molecule has 10 heteroatoms. The van der Waals surface area contributed by atoms with E-state index >= 15 is 0 Å². The van der Waals surface area contributed by atoms with E-state index in [1.807, 2.05) is 67.1 Å². The summed E-state index contributed by atoms with van der Waals surface area (Å²) in [5, 5.41) is 10.5. The summed E-state index contributed by atoms with van der Waals surface area (Å²) in [6, 6.07) is 17.1. The largest absolute Gasteiger partial charge is 0.496 e. The predicted octanol–water partition coefficient (Wildman–Crippen LogP) is 5.71. The number of benzene rings is 2. The van der Waals surface area contributed by atoms with Crippen LogP contribution >= 0.6 is 0 Å². The second kappa shape index (κ2) is 16.1. The molecule has 1 fully saturated rings. The molecule has 10 nitrogen and oxygen atoms in total. The smallest absolute Gasteiger partial charge is 0.325 e. The van der Waals surface area contributed by atoms with Crippen molar-refractivity contribution >= 4 is 17.8 Å². The normalized spacial score (nSPS) is 16.9. The van der Waals surface area contributed by atoms with Crippen LogP contribution in [0.4, 0.5) is 0 Å². The third kappa shape index (κ3) is 9.33. The van der Waals surface area contributed by atoms with Gasteiger partial charge in [0.2, 0.25) is 5.91 Å². The molecule has 0 saturated heterocycles. The molecule has 1 saturated carbocycles. The standard InChI is InChI=1S/C35H46N4O6/c1-23(2)17-26(19-32(40)36-21-33(41)44-5)37-35(42)28-20-29(39(38-28)27-14-9-11-24(3)18-27)34-30(43-4)15-10-16-31(34)45-22-25-12-7-6-8-13-25/h6-8,10,12-13,15-16,20,23-24,26-27H,9,11,14,17-19,21-22H2,1-5H3,(H,36,40)(H,37,42). The van der Waals surface area contributed by atoms with E-state index in [1.54, 1.807) is 13.2 Å². The lowest BCUT2D eigenvalue weighted by molar-refractivity contribution is -0.141. The zero-order chi connectivity index (χ0) is 32.3. The Labute approximate surface area is 265 Å². The minimum absolute atomic E-state index is 0.0264. The molecule has 2 amide bonds. The van der Waals surface area contributed by atoms with Gasteiger partial charge in [0.05, 0.1) is 31.5 Å². The second-order valence-corrected chi connectivity index (χ2v) is 12.2. The van der Waals surface area contributed by atoms with Crippen molar-refractivity contribution in [2.24, 2.45) is 11.8 Å². The first-order valence-electron chi connectivity index (χ1n) is 15.8. The van der Waals surface area contributed by atoms with E-state index in [9.17, 15) is 14.4 Å². The first kappa shape index (κ1) is 33.6. The fourth-order valence-corrected chi connectivity index (χ4v) is 5.94. The Bertz CT molecular complexity index is 1440. The van der Waals surface area contributed by atoms with Gasteiger partial charge >= 0.3 is 5.97 Å². The molecule has 45 heavy (non-hydrogen) atoms. The molecule has 242 valence electrons. The van der Waals surface area contributed by atoms with E-state index in [0.29, 0.717) is 30.4 Å². The predicted molar refractivity (Wildman–Crippen MR) is 172 cm³/mol. The van der Waals surface area contributed by atoms with Crippen LogP contribution in [0.1, 0.15) is 81.4 Å². The molecule has 3 unspecified atom stereocenters. The first-order valence-corrected chi connectivity index (χ1v) is 15.8. The molecule has 3 aromatic rings. The Morgan fingerprint density at radius 2 is 1.78 bits per heavy atom. The molecule has 0 bridgehead atoms. The Hall–Kier alpha value is -4.34. The number of esters is 1. The van der Waals surface area contributed by atoms with Crippen LogP contribution in [0.3, 0.4) is 0 Å². The monoisotopic (exact) mass is 618 g/mol. The number of ether oxygens (including phenoxy) is 3. The highest BCUT2D eigenvalue weighted by Crippen LogP contribution is 2.42. The third-order valence-corrected chi connectivity index (χ3v) is 8.10. The molecule has 2 aromatic carbocycles. The van der Waals surface area contributed by atoms with Crippen LogP contribution in [-0.4, -0.2) is 54.4 Å². The van der Waals surface area contributed by atoms with Gasteiger partial charge in [0.1, 0.15) is 24.7 Å². The summed E-state index contributed by atoms with van der Waals surface area (Å²) in [5.41, 5.74) is 2.78. The van der Waals surface area contributed by atoms with Crippen LogP contribution in [0.15, 0.2) is 54.6 Å². The SMILES string of the molecule is COC(=O)CNC(=O)CC(CC(C)C)NC(=O)c1cc(-c2c(OC)cccc2OCc2ccccc2)n(C2CCCC(C)C2)n1. The van der Waals surface area contributed by atoms with Crippen molar-refractivity contribution in [2.45, 2.75) is 78.0 Å². The topological polar surface area (TPSA) is 121 Å². The lowest BCUT2D eigenvalue weighted by Crippen LogP contribution is -2.41. The number of carbonyl (C=O) groups is 3. The molecule has 0 aliphatic heterocycles. The van der Waals surface area contributed by atoms with Crippen molar-refractivity contribution in [2.75, 3.05) is 20.8 Å². The maximum atomic E-state index is 13.8. The van der Waals surface area contributed by atoms with E-state index in [2.05, 4.69) is 22.3 Å². The van der Waals surface area contributed by atoms with Gasteiger partial charge in [0.25, 0.3) is 5.91 Å². The molecule has 1 aromatic heterocycles. The quantitative estimate of drug-likeness (QED) is 0.222. The summed E-state index contributed by atoms with van der Waals surface area (Å²) < 4.78 is 18.8. The number of aromatic nitrogens is 2. The Morgan fingerprint density at radius 3 is 2.47 bits per heavy atom. The van der Waals surface area contributed by atoms with E-state index in [-0.39, 0.29) is 42.4 Å². The molecular weight excluding hydrogens is 572 g/mol. The molecular formula is C35H46N4O6. The van der Waals surface area contributed by atoms with Gasteiger partial charge < -0.3 is 24.8 Å². The summed E-state index contributed by atoms with van der Waals surface area (Å²) in [4.78, 5) is 37.9. The lowest BCUT2D eigenvalue weighted by atomic mass is 9.87. The Kier molecular flexibility index (Phi) is 12.0. The number of nitrogens with one attached hydrogen (secondary N) is 2. The van der Waals surface area contributed by atoms with Crippen molar-refractivity contribution < 1.29 is 28.6 Å². The fourth-order valence-electron chi connectivity index (χ4n) is 5.94. The van der Waals surface area contributed by atoms with Crippen LogP contribution in [0.5, 0.6) is 11.5 Å². The number of rotatable bonds is 14. The van der Waals surface area contributed by atoms with E-state index in [0.717, 1.165) is 42.5 Å². The number of amides is 2. The van der Waals surface area contributed by atoms with Gasteiger partial charge in [-0.25, -0.2) is 0 Å². The molecule has 0 radical (unpaired) electrons. The number of carbonyl (C=O) groups excluding carboxylic acids is 3. The second-order valence-electron chi connectivity index (χ2n) is 12.2. The van der Waals surface area contributed by atoms with Crippen LogP contribution in [0.25, 0.3) is 11.3 Å². The van der Waals surface area contributed by atoms with Crippen molar-refractivity contribution in [1.29, 1.82) is 0 Å². The van der Waals surface area contributed by atoms with Crippen molar-refractivity contribution in [3.8, 4) is 22.8 Å². The Balaban J connectivity index is 1.67. The summed E-state index contributed by atoms with van der Waals surface area (Å²) in [5.74, 6) is 0.760. The van der Waals surface area contributed by atoms with Gasteiger partial charge in [0, 0.05) is 12.5 Å². The molecule has 4 rings (SSSR count). The van der Waals surface area contributed by atoms with Crippen LogP contribution in [-0.2, 0) is 20.9 Å². The fraction of sp³-hybridized carbons (Fsp3) is 0.486. The maximum Gasteiger partial charge on any atom is 0.325 e. The maximum absolute atomic E-state index is 13.8. The van der Waals surface area contributed by atoms with Gasteiger partial charge in [0.15, 0.2) is 5.69 Å². The third-order valence-electron chi connectivity index (χ3n) is 8.10. The van der Waals surface area contributed by atoms with Crippen LogP contribution in [0, 0.1) is 11.8 Å². The van der Waals surface area contributed by atoms with E-state index in [1.165, 1.54) is 7.11 Å². The first-order chi connectivity index (χ1) is 21.7. The van der Waals surface area contributed by atoms with E-state index in [4.69, 9.17) is 14.6 Å².